The lowest BCUT2D eigenvalue weighted by molar-refractivity contribution is 0.515. The van der Waals surface area contributed by atoms with Crippen LogP contribution in [0, 0.1) is 11.7 Å². The number of hydrogen-bond donors (Lipinski definition) is 1. The summed E-state index contributed by atoms with van der Waals surface area (Å²) in [4.78, 5) is 0. The Labute approximate surface area is 115 Å². The summed E-state index contributed by atoms with van der Waals surface area (Å²) in [5.41, 5.74) is 0.786. The van der Waals surface area contributed by atoms with Gasteiger partial charge in [-0.2, -0.15) is 0 Å². The van der Waals surface area contributed by atoms with Crippen LogP contribution in [-0.2, 0) is 9.84 Å². The number of rotatable bonds is 1. The molecule has 2 atom stereocenters. The van der Waals surface area contributed by atoms with Gasteiger partial charge in [0.05, 0.1) is 11.5 Å². The van der Waals surface area contributed by atoms with E-state index in [4.69, 9.17) is 0 Å². The van der Waals surface area contributed by atoms with Crippen molar-refractivity contribution in [1.29, 1.82) is 0 Å². The van der Waals surface area contributed by atoms with Gasteiger partial charge in [-0.05, 0) is 30.2 Å². The van der Waals surface area contributed by atoms with E-state index in [-0.39, 0.29) is 29.3 Å². The van der Waals surface area contributed by atoms with Gasteiger partial charge in [0.2, 0.25) is 0 Å². The molecule has 0 spiro atoms. The van der Waals surface area contributed by atoms with Crippen molar-refractivity contribution in [1.82, 2.24) is 5.32 Å². The molecule has 1 saturated heterocycles. The van der Waals surface area contributed by atoms with E-state index in [2.05, 4.69) is 21.2 Å². The lowest BCUT2D eigenvalue weighted by Gasteiger charge is -2.17. The van der Waals surface area contributed by atoms with E-state index in [9.17, 15) is 12.8 Å². The van der Waals surface area contributed by atoms with Crippen LogP contribution in [0.4, 0.5) is 4.39 Å². The van der Waals surface area contributed by atoms with E-state index in [0.29, 0.717) is 11.0 Å². The molecule has 3 nitrogen and oxygen atoms in total. The topological polar surface area (TPSA) is 46.2 Å². The summed E-state index contributed by atoms with van der Waals surface area (Å²) in [6.07, 6.45) is 0. The van der Waals surface area contributed by atoms with Crippen LogP contribution in [0.3, 0.4) is 0 Å². The fraction of sp³-hybridized carbons (Fsp3) is 0.500. The predicted molar refractivity (Wildman–Crippen MR) is 72.7 cm³/mol. The Morgan fingerprint density at radius 3 is 2.78 bits per heavy atom. The lowest BCUT2D eigenvalue weighted by atomic mass is 10.1. The fourth-order valence-electron chi connectivity index (χ4n) is 2.20. The zero-order chi connectivity index (χ0) is 13.3. The minimum absolute atomic E-state index is 0.0571. The molecule has 1 N–H and O–H groups in total. The van der Waals surface area contributed by atoms with Gasteiger partial charge in [-0.3, -0.25) is 0 Å². The Hall–Kier alpha value is -0.460. The molecule has 0 bridgehead atoms. The average molecular weight is 336 g/mol. The monoisotopic (exact) mass is 335 g/mol. The number of sulfone groups is 1. The largest absolute Gasteiger partial charge is 0.309 e. The molecule has 1 aliphatic heterocycles. The quantitative estimate of drug-likeness (QED) is 0.856. The molecule has 2 unspecified atom stereocenters. The van der Waals surface area contributed by atoms with Crippen molar-refractivity contribution in [3.05, 3.63) is 34.1 Å². The van der Waals surface area contributed by atoms with Crippen LogP contribution in [0.2, 0.25) is 0 Å². The maximum absolute atomic E-state index is 13.0. The Morgan fingerprint density at radius 2 is 2.11 bits per heavy atom. The normalized spacial score (nSPS) is 27.7. The molecule has 100 valence electrons. The molecule has 1 aliphatic rings. The molecular weight excluding hydrogens is 321 g/mol. The molecule has 1 aromatic carbocycles. The second-order valence-electron chi connectivity index (χ2n) is 4.81. The standard InChI is InChI=1S/C12H15BrFNO2S/c1-8-5-15-12(7-18(16,17)6-8)10-3-2-9(14)4-11(10)13/h2-4,8,12,15H,5-7H2,1H3. The highest BCUT2D eigenvalue weighted by atomic mass is 79.9. The first-order valence-corrected chi connectivity index (χ1v) is 8.37. The third-order valence-corrected chi connectivity index (χ3v) is 5.61. The van der Waals surface area contributed by atoms with Crippen LogP contribution < -0.4 is 5.32 Å². The fourth-order valence-corrected chi connectivity index (χ4v) is 4.75. The molecule has 0 amide bonds. The first-order chi connectivity index (χ1) is 8.37. The second kappa shape index (κ2) is 5.27. The lowest BCUT2D eigenvalue weighted by Crippen LogP contribution is -2.26. The second-order valence-corrected chi connectivity index (χ2v) is 7.82. The summed E-state index contributed by atoms with van der Waals surface area (Å²) >= 11 is 3.29. The van der Waals surface area contributed by atoms with Gasteiger partial charge in [0.25, 0.3) is 0 Å². The van der Waals surface area contributed by atoms with Crippen LogP contribution in [0.1, 0.15) is 18.5 Å². The zero-order valence-electron chi connectivity index (χ0n) is 9.99. The molecule has 1 aromatic rings. The third-order valence-electron chi connectivity index (χ3n) is 3.01. The highest BCUT2D eigenvalue weighted by Crippen LogP contribution is 2.27. The third kappa shape index (κ3) is 3.30. The van der Waals surface area contributed by atoms with Gasteiger partial charge in [0.15, 0.2) is 9.84 Å². The first kappa shape index (κ1) is 14.0. The van der Waals surface area contributed by atoms with E-state index in [1.165, 1.54) is 12.1 Å². The summed E-state index contributed by atoms with van der Waals surface area (Å²) in [5, 5.41) is 3.23. The van der Waals surface area contributed by atoms with Crippen LogP contribution in [-0.4, -0.2) is 26.5 Å². The summed E-state index contributed by atoms with van der Waals surface area (Å²) in [6, 6.07) is 4.05. The van der Waals surface area contributed by atoms with Gasteiger partial charge in [-0.15, -0.1) is 0 Å². The summed E-state index contributed by atoms with van der Waals surface area (Å²) < 4.78 is 37.5. The van der Waals surface area contributed by atoms with Gasteiger partial charge in [-0.1, -0.05) is 28.9 Å². The van der Waals surface area contributed by atoms with Crippen molar-refractivity contribution in [2.24, 2.45) is 5.92 Å². The molecule has 0 aliphatic carbocycles. The SMILES string of the molecule is CC1CNC(c2ccc(F)cc2Br)CS(=O)(=O)C1. The zero-order valence-corrected chi connectivity index (χ0v) is 12.4. The number of nitrogens with one attached hydrogen (secondary N) is 1. The number of halogens is 2. The van der Waals surface area contributed by atoms with Crippen LogP contribution in [0.25, 0.3) is 0 Å². The molecule has 2 rings (SSSR count). The van der Waals surface area contributed by atoms with Crippen LogP contribution in [0.5, 0.6) is 0 Å². The van der Waals surface area contributed by atoms with E-state index >= 15 is 0 Å². The maximum Gasteiger partial charge on any atom is 0.152 e. The number of hydrogen-bond acceptors (Lipinski definition) is 3. The van der Waals surface area contributed by atoms with Gasteiger partial charge >= 0.3 is 0 Å². The Kier molecular flexibility index (Phi) is 4.08. The van der Waals surface area contributed by atoms with Crippen molar-refractivity contribution >= 4 is 25.8 Å². The Bertz CT molecular complexity index is 547. The highest BCUT2D eigenvalue weighted by molar-refractivity contribution is 9.10. The first-order valence-electron chi connectivity index (χ1n) is 5.76. The maximum atomic E-state index is 13.0. The molecule has 0 radical (unpaired) electrons. The van der Waals surface area contributed by atoms with Gasteiger partial charge in [0.1, 0.15) is 5.82 Å². The molecule has 1 heterocycles. The summed E-state index contributed by atoms with van der Waals surface area (Å²) in [7, 11) is -3.07. The van der Waals surface area contributed by atoms with Crippen molar-refractivity contribution < 1.29 is 12.8 Å². The molecular formula is C12H15BrFNO2S. The Morgan fingerprint density at radius 1 is 1.39 bits per heavy atom. The summed E-state index contributed by atoms with van der Waals surface area (Å²) in [5.74, 6) is 0.0198. The predicted octanol–water partition coefficient (Wildman–Crippen LogP) is 2.28. The molecule has 0 saturated carbocycles. The van der Waals surface area contributed by atoms with E-state index < -0.39 is 9.84 Å². The van der Waals surface area contributed by atoms with Gasteiger partial charge < -0.3 is 5.32 Å². The molecule has 1 fully saturated rings. The smallest absolute Gasteiger partial charge is 0.152 e. The highest BCUT2D eigenvalue weighted by Gasteiger charge is 2.28. The van der Waals surface area contributed by atoms with Crippen molar-refractivity contribution in [3.8, 4) is 0 Å². The number of benzene rings is 1. The summed E-state index contributed by atoms with van der Waals surface area (Å²) in [6.45, 7) is 2.56. The minimum atomic E-state index is -3.07. The van der Waals surface area contributed by atoms with Crippen molar-refractivity contribution in [2.75, 3.05) is 18.1 Å². The molecule has 18 heavy (non-hydrogen) atoms. The minimum Gasteiger partial charge on any atom is -0.309 e. The Balaban J connectivity index is 2.32. The van der Waals surface area contributed by atoms with Crippen molar-refractivity contribution in [3.63, 3.8) is 0 Å². The molecule has 6 heteroatoms. The van der Waals surface area contributed by atoms with Crippen LogP contribution >= 0.6 is 15.9 Å². The van der Waals surface area contributed by atoms with E-state index in [1.54, 1.807) is 6.07 Å². The van der Waals surface area contributed by atoms with Crippen LogP contribution in [0.15, 0.2) is 22.7 Å². The van der Waals surface area contributed by atoms with Crippen molar-refractivity contribution in [2.45, 2.75) is 13.0 Å². The average Bonchev–Trinajstić information content (AvgIpc) is 2.36. The van der Waals surface area contributed by atoms with E-state index in [0.717, 1.165) is 5.56 Å². The van der Waals surface area contributed by atoms with Gasteiger partial charge in [0, 0.05) is 10.5 Å². The van der Waals surface area contributed by atoms with Gasteiger partial charge in [-0.25, -0.2) is 12.8 Å². The molecule has 0 aromatic heterocycles. The van der Waals surface area contributed by atoms with E-state index in [1.807, 2.05) is 6.92 Å².